The molecule has 0 spiro atoms. The molecule has 1 aromatic heterocycles. The summed E-state index contributed by atoms with van der Waals surface area (Å²) in [6.07, 6.45) is 3.70. The maximum atomic E-state index is 12.5. The molecule has 1 aliphatic rings. The first-order valence-corrected chi connectivity index (χ1v) is 8.85. The Morgan fingerprint density at radius 1 is 1.04 bits per heavy atom. The highest BCUT2D eigenvalue weighted by Crippen LogP contribution is 2.30. The van der Waals surface area contributed by atoms with Crippen LogP contribution >= 0.6 is 0 Å². The lowest BCUT2D eigenvalue weighted by molar-refractivity contribution is -0.119. The lowest BCUT2D eigenvalue weighted by Crippen LogP contribution is -2.49. The molecule has 1 amide bonds. The largest absolute Gasteiger partial charge is 0.385 e. The maximum absolute atomic E-state index is 12.5. The van der Waals surface area contributed by atoms with Crippen LogP contribution in [0.4, 0.5) is 0 Å². The predicted octanol–water partition coefficient (Wildman–Crippen LogP) is 1.15. The van der Waals surface area contributed by atoms with Crippen LogP contribution in [0.3, 0.4) is 0 Å². The molecule has 1 aromatic carbocycles. The van der Waals surface area contributed by atoms with Gasteiger partial charge in [0.2, 0.25) is 6.41 Å². The fourth-order valence-electron chi connectivity index (χ4n) is 2.50. The summed E-state index contributed by atoms with van der Waals surface area (Å²) in [7, 11) is -3.95. The van der Waals surface area contributed by atoms with Gasteiger partial charge in [0.25, 0.3) is 0 Å². The van der Waals surface area contributed by atoms with Crippen LogP contribution in [0, 0.1) is 0 Å². The molecule has 7 nitrogen and oxygen atoms in total. The molecule has 1 aliphatic heterocycles. The maximum Gasteiger partial charge on any atom is 0.385 e. The molecule has 0 atom stereocenters. The van der Waals surface area contributed by atoms with Crippen LogP contribution in [-0.4, -0.2) is 55.2 Å². The van der Waals surface area contributed by atoms with Gasteiger partial charge in [-0.05, 0) is 11.6 Å². The smallest absolute Gasteiger partial charge is 0.368 e. The molecule has 1 saturated heterocycles. The zero-order valence-electron chi connectivity index (χ0n) is 12.9. The van der Waals surface area contributed by atoms with Crippen LogP contribution in [0.15, 0.2) is 48.8 Å². The van der Waals surface area contributed by atoms with Crippen LogP contribution in [0.5, 0.6) is 5.75 Å². The third-order valence-corrected chi connectivity index (χ3v) is 5.19. The molecule has 0 bridgehead atoms. The van der Waals surface area contributed by atoms with Crippen LogP contribution in [0.2, 0.25) is 0 Å². The van der Waals surface area contributed by atoms with Crippen molar-refractivity contribution >= 4 is 16.7 Å². The molecule has 2 aromatic rings. The van der Waals surface area contributed by atoms with Gasteiger partial charge in [0.05, 0.1) is 6.20 Å². The van der Waals surface area contributed by atoms with Crippen molar-refractivity contribution in [3.8, 4) is 16.9 Å². The summed E-state index contributed by atoms with van der Waals surface area (Å²) in [5, 5.41) is 0. The zero-order chi connectivity index (χ0) is 17.0. The van der Waals surface area contributed by atoms with Gasteiger partial charge in [0.1, 0.15) is 0 Å². The molecule has 2 heterocycles. The lowest BCUT2D eigenvalue weighted by Gasteiger charge is -2.31. The van der Waals surface area contributed by atoms with Gasteiger partial charge in [0, 0.05) is 37.9 Å². The molecular formula is C16H17N3O4S. The average Bonchev–Trinajstić information content (AvgIpc) is 2.63. The van der Waals surface area contributed by atoms with Crippen molar-refractivity contribution in [3.63, 3.8) is 0 Å². The summed E-state index contributed by atoms with van der Waals surface area (Å²) in [6, 6.07) is 11.1. The molecule has 3 rings (SSSR count). The topological polar surface area (TPSA) is 79.8 Å². The van der Waals surface area contributed by atoms with E-state index in [2.05, 4.69) is 4.98 Å². The Labute approximate surface area is 140 Å². The van der Waals surface area contributed by atoms with Gasteiger partial charge in [-0.25, -0.2) is 0 Å². The summed E-state index contributed by atoms with van der Waals surface area (Å²) >= 11 is 0. The number of carbonyl (C=O) groups is 1. The van der Waals surface area contributed by atoms with E-state index in [4.69, 9.17) is 4.18 Å². The summed E-state index contributed by atoms with van der Waals surface area (Å²) in [4.78, 5) is 16.2. The van der Waals surface area contributed by atoms with E-state index in [0.29, 0.717) is 18.7 Å². The number of hydrogen-bond acceptors (Lipinski definition) is 5. The average molecular weight is 347 g/mol. The number of benzene rings is 1. The van der Waals surface area contributed by atoms with E-state index >= 15 is 0 Å². The second-order valence-corrected chi connectivity index (χ2v) is 6.86. The minimum Gasteiger partial charge on any atom is -0.368 e. The van der Waals surface area contributed by atoms with Gasteiger partial charge in [0.15, 0.2) is 5.75 Å². The Balaban J connectivity index is 1.82. The van der Waals surface area contributed by atoms with E-state index in [9.17, 15) is 13.2 Å². The van der Waals surface area contributed by atoms with Crippen LogP contribution in [0.1, 0.15) is 0 Å². The first-order valence-electron chi connectivity index (χ1n) is 7.48. The van der Waals surface area contributed by atoms with Crippen molar-refractivity contribution in [2.24, 2.45) is 0 Å². The van der Waals surface area contributed by atoms with E-state index in [1.54, 1.807) is 12.3 Å². The fraction of sp³-hybridized carbons (Fsp3) is 0.250. The summed E-state index contributed by atoms with van der Waals surface area (Å²) in [5.41, 5.74) is 1.50. The SMILES string of the molecule is O=CN1CCN(S(=O)(=O)Oc2cnccc2-c2ccccc2)CC1. The Kier molecular flexibility index (Phi) is 4.77. The molecule has 8 heteroatoms. The van der Waals surface area contributed by atoms with Crippen molar-refractivity contribution in [2.75, 3.05) is 26.2 Å². The van der Waals surface area contributed by atoms with Gasteiger partial charge in [-0.15, -0.1) is 0 Å². The summed E-state index contributed by atoms with van der Waals surface area (Å²) < 4.78 is 31.6. The monoisotopic (exact) mass is 347 g/mol. The minimum absolute atomic E-state index is 0.182. The Morgan fingerprint density at radius 2 is 1.75 bits per heavy atom. The van der Waals surface area contributed by atoms with E-state index < -0.39 is 10.3 Å². The number of piperazine rings is 1. The van der Waals surface area contributed by atoms with Gasteiger partial charge in [-0.2, -0.15) is 12.7 Å². The molecule has 24 heavy (non-hydrogen) atoms. The molecule has 126 valence electrons. The lowest BCUT2D eigenvalue weighted by atomic mass is 10.1. The second kappa shape index (κ2) is 6.98. The minimum atomic E-state index is -3.95. The third-order valence-electron chi connectivity index (χ3n) is 3.80. The van der Waals surface area contributed by atoms with Crippen molar-refractivity contribution in [3.05, 3.63) is 48.8 Å². The van der Waals surface area contributed by atoms with Gasteiger partial charge in [-0.1, -0.05) is 30.3 Å². The normalized spacial score (nSPS) is 15.9. The first-order chi connectivity index (χ1) is 11.6. The zero-order valence-corrected chi connectivity index (χ0v) is 13.7. The number of pyridine rings is 1. The van der Waals surface area contributed by atoms with Gasteiger partial charge in [-0.3, -0.25) is 9.78 Å². The van der Waals surface area contributed by atoms with Crippen LogP contribution < -0.4 is 4.18 Å². The molecule has 1 fully saturated rings. The van der Waals surface area contributed by atoms with E-state index in [0.717, 1.165) is 12.0 Å². The van der Waals surface area contributed by atoms with Crippen molar-refractivity contribution in [1.82, 2.24) is 14.2 Å². The highest BCUT2D eigenvalue weighted by atomic mass is 32.2. The number of rotatable bonds is 5. The van der Waals surface area contributed by atoms with Crippen LogP contribution in [-0.2, 0) is 15.1 Å². The third kappa shape index (κ3) is 3.55. The fourth-order valence-corrected chi connectivity index (χ4v) is 3.58. The standard InChI is InChI=1S/C16H17N3O4S/c20-13-18-8-10-19(11-9-18)24(21,22)23-16-12-17-7-6-15(16)14-4-2-1-3-5-14/h1-7,12-13H,8-11H2. The summed E-state index contributed by atoms with van der Waals surface area (Å²) in [5.74, 6) is 0.182. The highest BCUT2D eigenvalue weighted by Gasteiger charge is 2.29. The van der Waals surface area contributed by atoms with Crippen molar-refractivity contribution in [2.45, 2.75) is 0 Å². The van der Waals surface area contributed by atoms with E-state index in [-0.39, 0.29) is 18.8 Å². The summed E-state index contributed by atoms with van der Waals surface area (Å²) in [6.45, 7) is 1.12. The van der Waals surface area contributed by atoms with E-state index in [1.165, 1.54) is 15.4 Å². The van der Waals surface area contributed by atoms with Crippen LogP contribution in [0.25, 0.3) is 11.1 Å². The molecular weight excluding hydrogens is 330 g/mol. The van der Waals surface area contributed by atoms with Gasteiger partial charge >= 0.3 is 10.3 Å². The Bertz CT molecular complexity index is 803. The number of aromatic nitrogens is 1. The number of amides is 1. The Morgan fingerprint density at radius 3 is 2.42 bits per heavy atom. The van der Waals surface area contributed by atoms with Crippen molar-refractivity contribution in [1.29, 1.82) is 0 Å². The first kappa shape index (κ1) is 16.4. The van der Waals surface area contributed by atoms with Crippen molar-refractivity contribution < 1.29 is 17.4 Å². The van der Waals surface area contributed by atoms with E-state index in [1.807, 2.05) is 30.3 Å². The highest BCUT2D eigenvalue weighted by molar-refractivity contribution is 7.84. The second-order valence-electron chi connectivity index (χ2n) is 5.32. The molecule has 0 unspecified atom stereocenters. The number of nitrogens with zero attached hydrogens (tertiary/aromatic N) is 3. The molecule has 0 aliphatic carbocycles. The quantitative estimate of drug-likeness (QED) is 0.758. The molecule has 0 radical (unpaired) electrons. The molecule has 0 saturated carbocycles. The number of hydrogen-bond donors (Lipinski definition) is 0. The number of carbonyl (C=O) groups excluding carboxylic acids is 1. The predicted molar refractivity (Wildman–Crippen MR) is 88.4 cm³/mol. The Hall–Kier alpha value is -2.45. The van der Waals surface area contributed by atoms with Gasteiger partial charge < -0.3 is 9.08 Å². The molecule has 0 N–H and O–H groups in total.